The number of esters is 1. The van der Waals surface area contributed by atoms with E-state index in [1.165, 1.54) is 6.92 Å². The molecule has 0 amide bonds. The van der Waals surface area contributed by atoms with Crippen molar-refractivity contribution in [1.82, 2.24) is 0 Å². The summed E-state index contributed by atoms with van der Waals surface area (Å²) in [5, 5.41) is 9.23. The lowest BCUT2D eigenvalue weighted by atomic mass is 9.82. The number of hydrogen-bond donors (Lipinski definition) is 1. The Balaban J connectivity index is 2.89. The highest BCUT2D eigenvalue weighted by molar-refractivity contribution is 5.69. The predicted octanol–water partition coefficient (Wildman–Crippen LogP) is 4.52. The van der Waals surface area contributed by atoms with Gasteiger partial charge in [0.15, 0.2) is 0 Å². The topological polar surface area (TPSA) is 46.5 Å². The van der Waals surface area contributed by atoms with Gasteiger partial charge in [-0.3, -0.25) is 4.79 Å². The Labute approximate surface area is 136 Å². The quantitative estimate of drug-likeness (QED) is 0.557. The summed E-state index contributed by atoms with van der Waals surface area (Å²) >= 11 is 0. The minimum Gasteiger partial charge on any atom is -0.462 e. The van der Waals surface area contributed by atoms with Gasteiger partial charge < -0.3 is 9.84 Å². The van der Waals surface area contributed by atoms with Gasteiger partial charge in [-0.2, -0.15) is 26.3 Å². The fourth-order valence-electron chi connectivity index (χ4n) is 2.94. The van der Waals surface area contributed by atoms with E-state index in [2.05, 4.69) is 0 Å². The smallest absolute Gasteiger partial charge is 0.426 e. The van der Waals surface area contributed by atoms with Gasteiger partial charge in [-0.05, 0) is 31.6 Å². The molecule has 0 aromatic heterocycles. The molecule has 0 radical (unpaired) electrons. The number of ether oxygens (including phenoxy) is 1. The van der Waals surface area contributed by atoms with E-state index in [9.17, 15) is 36.2 Å². The first-order chi connectivity index (χ1) is 10.9. The molecule has 0 aromatic carbocycles. The number of aliphatic hydroxyl groups is 1. The third-order valence-electron chi connectivity index (χ3n) is 4.48. The van der Waals surface area contributed by atoms with Crippen molar-refractivity contribution in [2.45, 2.75) is 82.3 Å². The molecule has 0 heterocycles. The van der Waals surface area contributed by atoms with Crippen LogP contribution in [0.1, 0.15) is 58.3 Å². The summed E-state index contributed by atoms with van der Waals surface area (Å²) in [5.74, 6) is -0.951. The van der Waals surface area contributed by atoms with E-state index >= 15 is 0 Å². The molecule has 24 heavy (non-hydrogen) atoms. The Bertz CT molecular complexity index is 398. The van der Waals surface area contributed by atoms with E-state index in [0.717, 1.165) is 19.3 Å². The highest BCUT2D eigenvalue weighted by Gasteiger charge is 2.69. The van der Waals surface area contributed by atoms with E-state index in [0.29, 0.717) is 12.8 Å². The maximum atomic E-state index is 12.7. The molecule has 0 aliphatic heterocycles. The van der Waals surface area contributed by atoms with Crippen molar-refractivity contribution in [2.75, 3.05) is 0 Å². The number of hydrogen-bond acceptors (Lipinski definition) is 3. The molecule has 1 aliphatic carbocycles. The average molecular weight is 364 g/mol. The molecule has 0 bridgehead atoms. The van der Waals surface area contributed by atoms with Crippen LogP contribution in [0.3, 0.4) is 0 Å². The minimum atomic E-state index is -5.85. The lowest BCUT2D eigenvalue weighted by Crippen LogP contribution is -2.57. The molecule has 0 saturated heterocycles. The van der Waals surface area contributed by atoms with Crippen LogP contribution in [-0.2, 0) is 9.53 Å². The normalized spacial score (nSPS) is 19.2. The molecular formula is C15H22F6O3. The number of halogens is 6. The van der Waals surface area contributed by atoms with Gasteiger partial charge in [0.1, 0.15) is 6.10 Å². The van der Waals surface area contributed by atoms with Gasteiger partial charge in [-0.1, -0.05) is 26.2 Å². The highest BCUT2D eigenvalue weighted by atomic mass is 19.4. The van der Waals surface area contributed by atoms with Crippen molar-refractivity contribution >= 4 is 5.97 Å². The Hall–Kier alpha value is -0.990. The molecule has 1 N–H and O–H groups in total. The first kappa shape index (κ1) is 21.1. The zero-order valence-electron chi connectivity index (χ0n) is 13.3. The van der Waals surface area contributed by atoms with Gasteiger partial charge in [0.25, 0.3) is 5.60 Å². The van der Waals surface area contributed by atoms with Crippen molar-refractivity contribution in [3.8, 4) is 0 Å². The van der Waals surface area contributed by atoms with E-state index in [1.807, 2.05) is 0 Å². The standard InChI is InChI=1S/C15H22F6O3/c1-2-12(22)24-11(10-6-4-3-5-7-10)8-9-13(23,14(16,17)18)15(19,20)21/h10-11,23H,2-9H2,1H3. The summed E-state index contributed by atoms with van der Waals surface area (Å²) in [4.78, 5) is 11.5. The number of rotatable bonds is 6. The zero-order chi connectivity index (χ0) is 18.6. The molecule has 0 spiro atoms. The van der Waals surface area contributed by atoms with Crippen molar-refractivity contribution in [2.24, 2.45) is 5.92 Å². The molecule has 1 rings (SSSR count). The predicted molar refractivity (Wildman–Crippen MR) is 73.0 cm³/mol. The SMILES string of the molecule is CCC(=O)OC(CCC(O)(C(F)(F)F)C(F)(F)F)C1CCCCC1. The monoisotopic (exact) mass is 364 g/mol. The summed E-state index contributed by atoms with van der Waals surface area (Å²) in [6.07, 6.45) is -11.4. The Morgan fingerprint density at radius 2 is 1.58 bits per heavy atom. The van der Waals surface area contributed by atoms with E-state index < -0.39 is 42.9 Å². The van der Waals surface area contributed by atoms with E-state index in [1.54, 1.807) is 0 Å². The second-order valence-electron chi connectivity index (χ2n) is 6.17. The summed E-state index contributed by atoms with van der Waals surface area (Å²) in [7, 11) is 0. The maximum Gasteiger partial charge on any atom is 0.426 e. The van der Waals surface area contributed by atoms with Crippen LogP contribution in [-0.4, -0.2) is 35.1 Å². The second kappa shape index (κ2) is 7.93. The van der Waals surface area contributed by atoms with Crippen LogP contribution in [0.25, 0.3) is 0 Å². The van der Waals surface area contributed by atoms with Crippen LogP contribution in [0.5, 0.6) is 0 Å². The largest absolute Gasteiger partial charge is 0.462 e. The summed E-state index contributed by atoms with van der Waals surface area (Å²) in [6.45, 7) is 1.49. The third-order valence-corrected chi connectivity index (χ3v) is 4.48. The average Bonchev–Trinajstić information content (AvgIpc) is 2.49. The lowest BCUT2D eigenvalue weighted by molar-refractivity contribution is -0.370. The van der Waals surface area contributed by atoms with Crippen LogP contribution in [0.15, 0.2) is 0 Å². The maximum absolute atomic E-state index is 12.7. The van der Waals surface area contributed by atoms with Gasteiger partial charge in [0.05, 0.1) is 0 Å². The molecule has 1 atom stereocenters. The van der Waals surface area contributed by atoms with Crippen molar-refractivity contribution in [1.29, 1.82) is 0 Å². The first-order valence-electron chi connectivity index (χ1n) is 7.97. The second-order valence-corrected chi connectivity index (χ2v) is 6.17. The molecule has 1 unspecified atom stereocenters. The van der Waals surface area contributed by atoms with E-state index in [-0.39, 0.29) is 12.3 Å². The van der Waals surface area contributed by atoms with Crippen molar-refractivity contribution < 1.29 is 41.0 Å². The number of alkyl halides is 6. The van der Waals surface area contributed by atoms with Gasteiger partial charge >= 0.3 is 18.3 Å². The lowest BCUT2D eigenvalue weighted by Gasteiger charge is -2.35. The summed E-state index contributed by atoms with van der Waals surface area (Å²) in [5.41, 5.74) is -4.80. The van der Waals surface area contributed by atoms with Crippen LogP contribution in [0.2, 0.25) is 0 Å². The Morgan fingerprint density at radius 3 is 2.00 bits per heavy atom. The zero-order valence-corrected chi connectivity index (χ0v) is 13.3. The Morgan fingerprint density at radius 1 is 1.08 bits per heavy atom. The molecule has 142 valence electrons. The van der Waals surface area contributed by atoms with Gasteiger partial charge in [-0.15, -0.1) is 0 Å². The number of carbonyl (C=O) groups excluding carboxylic acids is 1. The van der Waals surface area contributed by atoms with Gasteiger partial charge in [0.2, 0.25) is 0 Å². The molecule has 1 aliphatic rings. The molecular weight excluding hydrogens is 342 g/mol. The Kier molecular flexibility index (Phi) is 6.95. The van der Waals surface area contributed by atoms with Gasteiger partial charge in [0, 0.05) is 6.42 Å². The summed E-state index contributed by atoms with van der Waals surface area (Å²) < 4.78 is 81.5. The number of carbonyl (C=O) groups is 1. The molecule has 9 heteroatoms. The van der Waals surface area contributed by atoms with Crippen LogP contribution in [0.4, 0.5) is 26.3 Å². The molecule has 0 aromatic rings. The molecule has 1 saturated carbocycles. The van der Waals surface area contributed by atoms with Crippen molar-refractivity contribution in [3.63, 3.8) is 0 Å². The highest BCUT2D eigenvalue weighted by Crippen LogP contribution is 2.46. The molecule has 1 fully saturated rings. The van der Waals surface area contributed by atoms with Crippen molar-refractivity contribution in [3.05, 3.63) is 0 Å². The van der Waals surface area contributed by atoms with Gasteiger partial charge in [-0.25, -0.2) is 0 Å². The molecule has 3 nitrogen and oxygen atoms in total. The van der Waals surface area contributed by atoms with Crippen LogP contribution in [0, 0.1) is 5.92 Å². The van der Waals surface area contributed by atoms with Crippen LogP contribution >= 0.6 is 0 Å². The summed E-state index contributed by atoms with van der Waals surface area (Å²) in [6, 6.07) is 0. The fourth-order valence-corrected chi connectivity index (χ4v) is 2.94. The van der Waals surface area contributed by atoms with Crippen LogP contribution < -0.4 is 0 Å². The first-order valence-corrected chi connectivity index (χ1v) is 7.97. The third kappa shape index (κ3) is 5.00. The fraction of sp³-hybridized carbons (Fsp3) is 0.933. The van der Waals surface area contributed by atoms with E-state index in [4.69, 9.17) is 4.74 Å². The minimum absolute atomic E-state index is 0.0218.